The number of carbonyl (C=O) groups excluding carboxylic acids is 1. The molecule has 0 saturated carbocycles. The second-order valence-electron chi connectivity index (χ2n) is 8.51. The maximum atomic E-state index is 13.8. The fourth-order valence-electron chi connectivity index (χ4n) is 4.37. The second kappa shape index (κ2) is 9.50. The Morgan fingerprint density at radius 1 is 1.03 bits per heavy atom. The van der Waals surface area contributed by atoms with E-state index in [1.165, 1.54) is 0 Å². The first-order valence-electron chi connectivity index (χ1n) is 11.4. The molecule has 4 aromatic rings. The van der Waals surface area contributed by atoms with E-state index in [0.29, 0.717) is 53.6 Å². The lowest BCUT2D eigenvalue weighted by molar-refractivity contribution is 0.0731. The van der Waals surface area contributed by atoms with Crippen LogP contribution in [0.5, 0.6) is 5.75 Å². The fourth-order valence-corrected chi connectivity index (χ4v) is 4.62. The standard InChI is InChI=1S/C28H24BrN3O3/c1-18-16-20(8-13-24(18)29)27(33)31-15-14-23-25(17-31)30-26(19-6-4-3-5-7-19)32(28(23)34)21-9-11-22(35-2)12-10-21/h3-13,16H,14-15,17H2,1-2H3. The maximum absolute atomic E-state index is 13.8. The highest BCUT2D eigenvalue weighted by molar-refractivity contribution is 9.10. The van der Waals surface area contributed by atoms with E-state index in [1.54, 1.807) is 16.6 Å². The monoisotopic (exact) mass is 529 g/mol. The van der Waals surface area contributed by atoms with E-state index in [1.807, 2.05) is 79.7 Å². The Bertz CT molecular complexity index is 1460. The molecule has 0 atom stereocenters. The van der Waals surface area contributed by atoms with E-state index in [2.05, 4.69) is 15.9 Å². The first-order chi connectivity index (χ1) is 17.0. The van der Waals surface area contributed by atoms with E-state index in [0.717, 1.165) is 15.6 Å². The number of aromatic nitrogens is 2. The van der Waals surface area contributed by atoms with Crippen LogP contribution in [0.25, 0.3) is 17.1 Å². The van der Waals surface area contributed by atoms with Crippen LogP contribution in [-0.2, 0) is 13.0 Å². The summed E-state index contributed by atoms with van der Waals surface area (Å²) < 4.78 is 7.90. The Labute approximate surface area is 211 Å². The van der Waals surface area contributed by atoms with Crippen molar-refractivity contribution in [2.24, 2.45) is 0 Å². The highest BCUT2D eigenvalue weighted by Crippen LogP contribution is 2.26. The van der Waals surface area contributed by atoms with Crippen LogP contribution in [0.2, 0.25) is 0 Å². The minimum absolute atomic E-state index is 0.0614. The number of nitrogens with zero attached hydrogens (tertiary/aromatic N) is 3. The van der Waals surface area contributed by atoms with Gasteiger partial charge in [0.2, 0.25) is 0 Å². The van der Waals surface area contributed by atoms with Gasteiger partial charge in [-0.3, -0.25) is 14.2 Å². The first-order valence-corrected chi connectivity index (χ1v) is 12.2. The number of amides is 1. The number of halogens is 1. The van der Waals surface area contributed by atoms with Gasteiger partial charge >= 0.3 is 0 Å². The quantitative estimate of drug-likeness (QED) is 0.365. The van der Waals surface area contributed by atoms with Gasteiger partial charge in [-0.05, 0) is 61.4 Å². The summed E-state index contributed by atoms with van der Waals surface area (Å²) >= 11 is 3.49. The predicted molar refractivity (Wildman–Crippen MR) is 139 cm³/mol. The summed E-state index contributed by atoms with van der Waals surface area (Å²) in [6.45, 7) is 2.72. The number of aryl methyl sites for hydroxylation is 1. The Hall–Kier alpha value is -3.71. The fraction of sp³-hybridized carbons (Fsp3) is 0.179. The molecule has 7 heteroatoms. The predicted octanol–water partition coefficient (Wildman–Crippen LogP) is 5.18. The second-order valence-corrected chi connectivity index (χ2v) is 9.36. The number of hydrogen-bond acceptors (Lipinski definition) is 4. The van der Waals surface area contributed by atoms with Crippen molar-refractivity contribution >= 4 is 21.8 Å². The molecule has 0 aliphatic carbocycles. The van der Waals surface area contributed by atoms with Gasteiger partial charge < -0.3 is 9.64 Å². The van der Waals surface area contributed by atoms with Gasteiger partial charge in [-0.2, -0.15) is 0 Å². The Morgan fingerprint density at radius 3 is 2.46 bits per heavy atom. The summed E-state index contributed by atoms with van der Waals surface area (Å²) in [6, 6.07) is 22.6. The minimum Gasteiger partial charge on any atom is -0.497 e. The molecule has 1 aliphatic heterocycles. The summed E-state index contributed by atoms with van der Waals surface area (Å²) in [6.07, 6.45) is 0.452. The van der Waals surface area contributed by atoms with Gasteiger partial charge in [0.1, 0.15) is 11.6 Å². The lowest BCUT2D eigenvalue weighted by atomic mass is 10.0. The number of rotatable bonds is 4. The molecule has 0 N–H and O–H groups in total. The minimum atomic E-state index is -0.106. The molecule has 5 rings (SSSR count). The maximum Gasteiger partial charge on any atom is 0.261 e. The van der Waals surface area contributed by atoms with Crippen LogP contribution >= 0.6 is 15.9 Å². The van der Waals surface area contributed by atoms with E-state index >= 15 is 0 Å². The number of carbonyl (C=O) groups is 1. The third-order valence-corrected chi connectivity index (χ3v) is 7.18. The van der Waals surface area contributed by atoms with Crippen molar-refractivity contribution in [1.82, 2.24) is 14.5 Å². The highest BCUT2D eigenvalue weighted by atomic mass is 79.9. The van der Waals surface area contributed by atoms with Crippen LogP contribution in [0, 0.1) is 6.92 Å². The summed E-state index contributed by atoms with van der Waals surface area (Å²) in [5, 5.41) is 0. The van der Waals surface area contributed by atoms with Crippen LogP contribution in [0.3, 0.4) is 0 Å². The van der Waals surface area contributed by atoms with Crippen LogP contribution in [0.1, 0.15) is 27.2 Å². The number of ether oxygens (including phenoxy) is 1. The zero-order valence-electron chi connectivity index (χ0n) is 19.5. The smallest absolute Gasteiger partial charge is 0.261 e. The molecule has 1 aromatic heterocycles. The van der Waals surface area contributed by atoms with Gasteiger partial charge in [0.15, 0.2) is 0 Å². The third-order valence-electron chi connectivity index (χ3n) is 6.29. The Balaban J connectivity index is 1.59. The third kappa shape index (κ3) is 4.39. The van der Waals surface area contributed by atoms with Crippen molar-refractivity contribution in [1.29, 1.82) is 0 Å². The van der Waals surface area contributed by atoms with Crippen molar-refractivity contribution in [3.8, 4) is 22.8 Å². The number of hydrogen-bond donors (Lipinski definition) is 0. The van der Waals surface area contributed by atoms with Crippen molar-refractivity contribution < 1.29 is 9.53 Å². The highest BCUT2D eigenvalue weighted by Gasteiger charge is 2.27. The van der Waals surface area contributed by atoms with Gasteiger partial charge in [0, 0.05) is 27.7 Å². The van der Waals surface area contributed by atoms with Crippen molar-refractivity contribution in [3.05, 3.63) is 110 Å². The molecule has 1 amide bonds. The van der Waals surface area contributed by atoms with Gasteiger partial charge in [0.25, 0.3) is 11.5 Å². The van der Waals surface area contributed by atoms with E-state index in [4.69, 9.17) is 9.72 Å². The Kier molecular flexibility index (Phi) is 6.26. The van der Waals surface area contributed by atoms with Crippen molar-refractivity contribution in [2.45, 2.75) is 19.9 Å². The van der Waals surface area contributed by atoms with Crippen LogP contribution in [-0.4, -0.2) is 34.0 Å². The van der Waals surface area contributed by atoms with Gasteiger partial charge in [-0.15, -0.1) is 0 Å². The molecule has 6 nitrogen and oxygen atoms in total. The number of benzene rings is 3. The van der Waals surface area contributed by atoms with E-state index in [-0.39, 0.29) is 11.5 Å². The molecule has 0 unspecified atom stereocenters. The SMILES string of the molecule is COc1ccc(-n2c(-c3ccccc3)nc3c(c2=O)CCN(C(=O)c2ccc(Br)c(C)c2)C3)cc1. The van der Waals surface area contributed by atoms with Crippen molar-refractivity contribution in [2.75, 3.05) is 13.7 Å². The summed E-state index contributed by atoms with van der Waals surface area (Å²) in [5.74, 6) is 1.20. The molecule has 2 heterocycles. The number of methoxy groups -OCH3 is 1. The van der Waals surface area contributed by atoms with Crippen LogP contribution in [0.4, 0.5) is 0 Å². The molecule has 176 valence electrons. The molecule has 0 saturated heterocycles. The molecule has 0 bridgehead atoms. The van der Waals surface area contributed by atoms with Crippen LogP contribution in [0.15, 0.2) is 82.1 Å². The normalized spacial score (nSPS) is 12.8. The summed E-state index contributed by atoms with van der Waals surface area (Å²) in [7, 11) is 1.61. The zero-order valence-corrected chi connectivity index (χ0v) is 21.1. The number of fused-ring (bicyclic) bond motifs is 1. The largest absolute Gasteiger partial charge is 0.497 e. The molecular weight excluding hydrogens is 506 g/mol. The lowest BCUT2D eigenvalue weighted by Crippen LogP contribution is -2.40. The molecule has 1 aliphatic rings. The van der Waals surface area contributed by atoms with E-state index in [9.17, 15) is 9.59 Å². The van der Waals surface area contributed by atoms with Gasteiger partial charge in [-0.1, -0.05) is 46.3 Å². The summed E-state index contributed by atoms with van der Waals surface area (Å²) in [4.78, 5) is 33.7. The Morgan fingerprint density at radius 2 is 1.77 bits per heavy atom. The zero-order chi connectivity index (χ0) is 24.5. The molecule has 0 fully saturated rings. The van der Waals surface area contributed by atoms with E-state index < -0.39 is 0 Å². The molecule has 35 heavy (non-hydrogen) atoms. The average Bonchev–Trinajstić information content (AvgIpc) is 2.90. The lowest BCUT2D eigenvalue weighted by Gasteiger charge is -2.29. The molecular formula is C28H24BrN3O3. The molecule has 3 aromatic carbocycles. The van der Waals surface area contributed by atoms with Gasteiger partial charge in [-0.25, -0.2) is 4.98 Å². The van der Waals surface area contributed by atoms with Gasteiger partial charge in [0.05, 0.1) is 25.0 Å². The topological polar surface area (TPSA) is 64.4 Å². The first kappa shape index (κ1) is 23.1. The summed E-state index contributed by atoms with van der Waals surface area (Å²) in [5.41, 5.74) is 4.36. The molecule has 0 radical (unpaired) electrons. The van der Waals surface area contributed by atoms with Crippen LogP contribution < -0.4 is 10.3 Å². The van der Waals surface area contributed by atoms with Crippen molar-refractivity contribution in [3.63, 3.8) is 0 Å². The molecule has 0 spiro atoms. The average molecular weight is 530 g/mol.